The number of para-hydroxylation sites is 1. The topological polar surface area (TPSA) is 85.5 Å². The van der Waals surface area contributed by atoms with Crippen LogP contribution in [0.25, 0.3) is 0 Å². The van der Waals surface area contributed by atoms with Crippen LogP contribution < -0.4 is 9.64 Å². The van der Waals surface area contributed by atoms with Crippen molar-refractivity contribution in [2.24, 2.45) is 0 Å². The lowest BCUT2D eigenvalue weighted by molar-refractivity contribution is -0.114. The van der Waals surface area contributed by atoms with E-state index in [1.54, 1.807) is 48.5 Å². The number of halogens is 1. The van der Waals surface area contributed by atoms with E-state index in [1.165, 1.54) is 4.90 Å². The first-order valence-electron chi connectivity index (χ1n) is 7.76. The molecule has 2 heterocycles. The van der Waals surface area contributed by atoms with Gasteiger partial charge in [0.2, 0.25) is 5.89 Å². The second-order valence-corrected chi connectivity index (χ2v) is 6.01. The van der Waals surface area contributed by atoms with E-state index >= 15 is 0 Å². The molecular formula is C18H12ClN3O4. The van der Waals surface area contributed by atoms with Gasteiger partial charge in [0.05, 0.1) is 11.3 Å². The lowest BCUT2D eigenvalue weighted by Gasteiger charge is -2.13. The highest BCUT2D eigenvalue weighted by atomic mass is 35.5. The Morgan fingerprint density at radius 2 is 1.73 bits per heavy atom. The summed E-state index contributed by atoms with van der Waals surface area (Å²) in [7, 11) is 0. The minimum Gasteiger partial charge on any atom is -0.484 e. The molecule has 1 aliphatic rings. The Labute approximate surface area is 153 Å². The highest BCUT2D eigenvalue weighted by Crippen LogP contribution is 2.29. The van der Waals surface area contributed by atoms with Crippen LogP contribution in [0.15, 0.2) is 52.9 Å². The number of carbonyl (C=O) groups is 2. The molecule has 4 rings (SSSR count). The predicted molar refractivity (Wildman–Crippen MR) is 92.0 cm³/mol. The van der Waals surface area contributed by atoms with Crippen LogP contribution >= 0.6 is 11.6 Å². The molecule has 1 amide bonds. The monoisotopic (exact) mass is 369 g/mol. The van der Waals surface area contributed by atoms with Gasteiger partial charge in [-0.1, -0.05) is 23.7 Å². The number of ketones is 1. The van der Waals surface area contributed by atoms with Crippen molar-refractivity contribution in [2.45, 2.75) is 13.2 Å². The smallest absolute Gasteiger partial charge is 0.299 e. The number of amides is 1. The van der Waals surface area contributed by atoms with Crippen LogP contribution in [0.4, 0.5) is 5.69 Å². The summed E-state index contributed by atoms with van der Waals surface area (Å²) in [5, 5.41) is 8.43. The fourth-order valence-electron chi connectivity index (χ4n) is 2.63. The standard InChI is InChI=1S/C18H12ClN3O4/c19-11-5-7-12(8-6-11)25-10-16-21-20-15(26-16)9-22-14-4-2-1-3-13(14)17(23)18(22)24/h1-8H,9-10H2. The maximum Gasteiger partial charge on any atom is 0.299 e. The summed E-state index contributed by atoms with van der Waals surface area (Å²) in [6, 6.07) is 13.7. The number of Topliss-reactive ketones (excluding diaryl/α,β-unsaturated/α-hetero) is 1. The van der Waals surface area contributed by atoms with Gasteiger partial charge in [0, 0.05) is 5.02 Å². The van der Waals surface area contributed by atoms with E-state index < -0.39 is 11.7 Å². The zero-order valence-corrected chi connectivity index (χ0v) is 14.1. The number of benzene rings is 2. The van der Waals surface area contributed by atoms with E-state index in [1.807, 2.05) is 0 Å². The molecule has 0 saturated heterocycles. The van der Waals surface area contributed by atoms with Crippen molar-refractivity contribution in [3.63, 3.8) is 0 Å². The van der Waals surface area contributed by atoms with Gasteiger partial charge >= 0.3 is 0 Å². The van der Waals surface area contributed by atoms with Gasteiger partial charge in [-0.15, -0.1) is 10.2 Å². The highest BCUT2D eigenvalue weighted by Gasteiger charge is 2.36. The molecule has 8 heteroatoms. The number of carbonyl (C=O) groups excluding carboxylic acids is 2. The van der Waals surface area contributed by atoms with Crippen molar-refractivity contribution < 1.29 is 18.7 Å². The molecule has 0 radical (unpaired) electrons. The molecule has 0 spiro atoms. The highest BCUT2D eigenvalue weighted by molar-refractivity contribution is 6.52. The summed E-state index contributed by atoms with van der Waals surface area (Å²) in [4.78, 5) is 25.5. The third kappa shape index (κ3) is 3.04. The van der Waals surface area contributed by atoms with Crippen LogP contribution in [-0.4, -0.2) is 21.9 Å². The molecule has 0 N–H and O–H groups in total. The van der Waals surface area contributed by atoms with Gasteiger partial charge in [0.15, 0.2) is 6.61 Å². The van der Waals surface area contributed by atoms with Crippen molar-refractivity contribution >= 4 is 29.0 Å². The minimum atomic E-state index is -0.608. The predicted octanol–water partition coefficient (Wildman–Crippen LogP) is 3.03. The van der Waals surface area contributed by atoms with Crippen molar-refractivity contribution in [3.05, 3.63) is 70.9 Å². The molecular weight excluding hydrogens is 358 g/mol. The Balaban J connectivity index is 1.45. The van der Waals surface area contributed by atoms with Crippen LogP contribution in [0.5, 0.6) is 5.75 Å². The molecule has 0 atom stereocenters. The van der Waals surface area contributed by atoms with Gasteiger partial charge in [0.25, 0.3) is 17.6 Å². The van der Waals surface area contributed by atoms with E-state index in [-0.39, 0.29) is 24.9 Å². The molecule has 3 aromatic rings. The maximum absolute atomic E-state index is 12.2. The lowest BCUT2D eigenvalue weighted by Crippen LogP contribution is -2.29. The second-order valence-electron chi connectivity index (χ2n) is 5.57. The lowest BCUT2D eigenvalue weighted by atomic mass is 10.1. The summed E-state index contributed by atoms with van der Waals surface area (Å²) in [6.07, 6.45) is 0. The number of nitrogens with zero attached hydrogens (tertiary/aromatic N) is 3. The minimum absolute atomic E-state index is 0.0233. The van der Waals surface area contributed by atoms with Crippen LogP contribution in [0.1, 0.15) is 22.1 Å². The van der Waals surface area contributed by atoms with Gasteiger partial charge in [0.1, 0.15) is 12.3 Å². The summed E-state index contributed by atoms with van der Waals surface area (Å²) in [5.41, 5.74) is 0.919. The van der Waals surface area contributed by atoms with Gasteiger partial charge in [-0.05, 0) is 36.4 Å². The fraction of sp³-hybridized carbons (Fsp3) is 0.111. The SMILES string of the molecule is O=C1C(=O)N(Cc2nnc(COc3ccc(Cl)cc3)o2)c2ccccc21. The average Bonchev–Trinajstić information content (AvgIpc) is 3.20. The summed E-state index contributed by atoms with van der Waals surface area (Å²) < 4.78 is 11.0. The molecule has 0 saturated carbocycles. The van der Waals surface area contributed by atoms with Crippen LogP contribution in [-0.2, 0) is 17.9 Å². The summed E-state index contributed by atoms with van der Waals surface area (Å²) >= 11 is 5.82. The van der Waals surface area contributed by atoms with E-state index in [2.05, 4.69) is 10.2 Å². The number of rotatable bonds is 5. The van der Waals surface area contributed by atoms with Gasteiger partial charge in [-0.3, -0.25) is 14.5 Å². The normalized spacial score (nSPS) is 13.2. The van der Waals surface area contributed by atoms with Crippen molar-refractivity contribution in [3.8, 4) is 5.75 Å². The van der Waals surface area contributed by atoms with Crippen molar-refractivity contribution in [1.29, 1.82) is 0 Å². The summed E-state index contributed by atoms with van der Waals surface area (Å²) in [6.45, 7) is 0.105. The number of aromatic nitrogens is 2. The van der Waals surface area contributed by atoms with Crippen LogP contribution in [0, 0.1) is 0 Å². The Morgan fingerprint density at radius 3 is 2.54 bits per heavy atom. The molecule has 2 aromatic carbocycles. The second kappa shape index (κ2) is 6.61. The number of ether oxygens (including phenoxy) is 1. The van der Waals surface area contributed by atoms with E-state index in [0.717, 1.165) is 0 Å². The quantitative estimate of drug-likeness (QED) is 0.642. The molecule has 130 valence electrons. The molecule has 1 aliphatic heterocycles. The zero-order valence-electron chi connectivity index (χ0n) is 13.4. The molecule has 0 bridgehead atoms. The Kier molecular flexibility index (Phi) is 4.14. The van der Waals surface area contributed by atoms with Crippen LogP contribution in [0.3, 0.4) is 0 Å². The van der Waals surface area contributed by atoms with E-state index in [4.69, 9.17) is 20.8 Å². The Morgan fingerprint density at radius 1 is 1.00 bits per heavy atom. The van der Waals surface area contributed by atoms with Gasteiger partial charge in [-0.2, -0.15) is 0 Å². The third-order valence-electron chi connectivity index (χ3n) is 3.86. The molecule has 0 fully saturated rings. The fourth-order valence-corrected chi connectivity index (χ4v) is 2.75. The third-order valence-corrected chi connectivity index (χ3v) is 4.11. The first-order valence-corrected chi connectivity index (χ1v) is 8.14. The maximum atomic E-state index is 12.2. The van der Waals surface area contributed by atoms with Gasteiger partial charge in [-0.25, -0.2) is 0 Å². The van der Waals surface area contributed by atoms with E-state index in [0.29, 0.717) is 22.0 Å². The number of fused-ring (bicyclic) bond motifs is 1. The number of hydrogen-bond acceptors (Lipinski definition) is 6. The van der Waals surface area contributed by atoms with Crippen LogP contribution in [0.2, 0.25) is 5.02 Å². The average molecular weight is 370 g/mol. The van der Waals surface area contributed by atoms with Crippen molar-refractivity contribution in [2.75, 3.05) is 4.90 Å². The molecule has 0 unspecified atom stereocenters. The zero-order chi connectivity index (χ0) is 18.1. The Hall–Kier alpha value is -3.19. The first-order chi connectivity index (χ1) is 12.6. The van der Waals surface area contributed by atoms with Gasteiger partial charge < -0.3 is 9.15 Å². The number of hydrogen-bond donors (Lipinski definition) is 0. The molecule has 0 aliphatic carbocycles. The summed E-state index contributed by atoms with van der Waals surface area (Å²) in [5.74, 6) is -0.0445. The van der Waals surface area contributed by atoms with Crippen molar-refractivity contribution in [1.82, 2.24) is 10.2 Å². The molecule has 1 aromatic heterocycles. The molecule has 7 nitrogen and oxygen atoms in total. The van der Waals surface area contributed by atoms with E-state index in [9.17, 15) is 9.59 Å². The largest absolute Gasteiger partial charge is 0.484 e. The first kappa shape index (κ1) is 16.3. The number of anilines is 1. The molecule has 26 heavy (non-hydrogen) atoms. The Bertz CT molecular complexity index is 984.